The number of anilines is 1. The third-order valence-electron chi connectivity index (χ3n) is 2.85. The van der Waals surface area contributed by atoms with Gasteiger partial charge in [0.2, 0.25) is 0 Å². The van der Waals surface area contributed by atoms with E-state index >= 15 is 0 Å². The molecule has 80 valence electrons. The highest BCUT2D eigenvalue weighted by molar-refractivity contribution is 5.98. The standard InChI is InChI=1S/C12H15NO2/c1-8-6-9(2-3-11(8)13)12(14)10-4-5-15-7-10/h2-3,6,10H,4-5,7,13H2,1H3. The van der Waals surface area contributed by atoms with Crippen LogP contribution in [0.4, 0.5) is 5.69 Å². The quantitative estimate of drug-likeness (QED) is 0.591. The molecule has 1 aromatic rings. The lowest BCUT2D eigenvalue weighted by Crippen LogP contribution is -2.14. The number of carbonyl (C=O) groups excluding carboxylic acids is 1. The predicted molar refractivity (Wildman–Crippen MR) is 58.8 cm³/mol. The number of rotatable bonds is 2. The number of carbonyl (C=O) groups is 1. The monoisotopic (exact) mass is 205 g/mol. The second kappa shape index (κ2) is 4.03. The van der Waals surface area contributed by atoms with Crippen molar-refractivity contribution in [1.29, 1.82) is 0 Å². The lowest BCUT2D eigenvalue weighted by atomic mass is 9.96. The van der Waals surface area contributed by atoms with E-state index in [0.29, 0.717) is 13.2 Å². The average Bonchev–Trinajstić information content (AvgIpc) is 2.74. The van der Waals surface area contributed by atoms with Crippen LogP contribution in [0, 0.1) is 12.8 Å². The first-order valence-electron chi connectivity index (χ1n) is 5.16. The zero-order valence-electron chi connectivity index (χ0n) is 8.82. The molecule has 0 saturated carbocycles. The highest BCUT2D eigenvalue weighted by Crippen LogP contribution is 2.20. The lowest BCUT2D eigenvalue weighted by Gasteiger charge is -2.08. The molecule has 1 atom stereocenters. The maximum Gasteiger partial charge on any atom is 0.168 e. The van der Waals surface area contributed by atoms with Crippen molar-refractivity contribution < 1.29 is 9.53 Å². The van der Waals surface area contributed by atoms with Crippen molar-refractivity contribution in [1.82, 2.24) is 0 Å². The van der Waals surface area contributed by atoms with E-state index in [1.54, 1.807) is 12.1 Å². The SMILES string of the molecule is Cc1cc(C(=O)C2CCOC2)ccc1N. The van der Waals surface area contributed by atoms with E-state index in [2.05, 4.69) is 0 Å². The lowest BCUT2D eigenvalue weighted by molar-refractivity contribution is 0.0900. The maximum atomic E-state index is 12.0. The van der Waals surface area contributed by atoms with Crippen LogP contribution in [0.1, 0.15) is 22.3 Å². The minimum Gasteiger partial charge on any atom is -0.399 e. The number of aryl methyl sites for hydroxylation is 1. The van der Waals surface area contributed by atoms with Crippen molar-refractivity contribution in [2.45, 2.75) is 13.3 Å². The molecule has 0 aliphatic carbocycles. The Morgan fingerprint density at radius 1 is 1.53 bits per heavy atom. The summed E-state index contributed by atoms with van der Waals surface area (Å²) in [5.41, 5.74) is 8.14. The minimum atomic E-state index is 0.0352. The molecule has 3 heteroatoms. The van der Waals surface area contributed by atoms with E-state index in [9.17, 15) is 4.79 Å². The van der Waals surface area contributed by atoms with Crippen molar-refractivity contribution in [2.75, 3.05) is 18.9 Å². The van der Waals surface area contributed by atoms with Gasteiger partial charge < -0.3 is 10.5 Å². The van der Waals surface area contributed by atoms with Gasteiger partial charge in [0.1, 0.15) is 0 Å². The number of ether oxygens (including phenoxy) is 1. The normalized spacial score (nSPS) is 20.5. The average molecular weight is 205 g/mol. The van der Waals surface area contributed by atoms with Gasteiger partial charge in [0, 0.05) is 23.8 Å². The molecular formula is C12H15NO2. The Labute approximate surface area is 89.2 Å². The van der Waals surface area contributed by atoms with Crippen LogP contribution in [-0.2, 0) is 4.74 Å². The summed E-state index contributed by atoms with van der Waals surface area (Å²) in [5.74, 6) is 0.212. The third kappa shape index (κ3) is 2.02. The molecule has 0 amide bonds. The molecule has 1 heterocycles. The van der Waals surface area contributed by atoms with E-state index in [-0.39, 0.29) is 11.7 Å². The Morgan fingerprint density at radius 3 is 2.93 bits per heavy atom. The van der Waals surface area contributed by atoms with Gasteiger partial charge in [-0.1, -0.05) is 0 Å². The molecule has 0 aromatic heterocycles. The van der Waals surface area contributed by atoms with E-state index in [1.165, 1.54) is 0 Å². The highest BCUT2D eigenvalue weighted by Gasteiger charge is 2.24. The summed E-state index contributed by atoms with van der Waals surface area (Å²) in [6.07, 6.45) is 0.836. The molecule has 1 aliphatic rings. The molecule has 0 bridgehead atoms. The predicted octanol–water partition coefficient (Wildman–Crippen LogP) is 1.80. The van der Waals surface area contributed by atoms with Crippen molar-refractivity contribution >= 4 is 11.5 Å². The number of nitrogen functional groups attached to an aromatic ring is 1. The Morgan fingerprint density at radius 2 is 2.33 bits per heavy atom. The summed E-state index contributed by atoms with van der Waals surface area (Å²) in [6, 6.07) is 5.44. The first kappa shape index (κ1) is 10.2. The van der Waals surface area contributed by atoms with Gasteiger partial charge >= 0.3 is 0 Å². The first-order chi connectivity index (χ1) is 7.18. The van der Waals surface area contributed by atoms with Crippen molar-refractivity contribution in [3.8, 4) is 0 Å². The fourth-order valence-electron chi connectivity index (χ4n) is 1.81. The van der Waals surface area contributed by atoms with Gasteiger partial charge in [-0.2, -0.15) is 0 Å². The summed E-state index contributed by atoms with van der Waals surface area (Å²) in [5, 5.41) is 0. The molecule has 1 unspecified atom stereocenters. The smallest absolute Gasteiger partial charge is 0.168 e. The molecule has 0 spiro atoms. The van der Waals surface area contributed by atoms with Gasteiger partial charge in [0.15, 0.2) is 5.78 Å². The molecule has 0 radical (unpaired) electrons. The molecule has 1 saturated heterocycles. The number of hydrogen-bond acceptors (Lipinski definition) is 3. The molecule has 15 heavy (non-hydrogen) atoms. The third-order valence-corrected chi connectivity index (χ3v) is 2.85. The van der Waals surface area contributed by atoms with Crippen LogP contribution < -0.4 is 5.73 Å². The van der Waals surface area contributed by atoms with Crippen LogP contribution in [0.3, 0.4) is 0 Å². The van der Waals surface area contributed by atoms with Gasteiger partial charge in [-0.15, -0.1) is 0 Å². The Kier molecular flexibility index (Phi) is 2.73. The van der Waals surface area contributed by atoms with Crippen molar-refractivity contribution in [3.63, 3.8) is 0 Å². The second-order valence-corrected chi connectivity index (χ2v) is 4.00. The van der Waals surface area contributed by atoms with Gasteiger partial charge in [-0.25, -0.2) is 0 Å². The van der Waals surface area contributed by atoms with Gasteiger partial charge in [-0.05, 0) is 37.1 Å². The van der Waals surface area contributed by atoms with E-state index in [0.717, 1.165) is 23.2 Å². The molecule has 1 aliphatic heterocycles. The number of nitrogens with two attached hydrogens (primary N) is 1. The van der Waals surface area contributed by atoms with E-state index in [1.807, 2.05) is 13.0 Å². The van der Waals surface area contributed by atoms with Crippen molar-refractivity contribution in [3.05, 3.63) is 29.3 Å². The van der Waals surface area contributed by atoms with Crippen LogP contribution in [0.15, 0.2) is 18.2 Å². The first-order valence-corrected chi connectivity index (χ1v) is 5.16. The second-order valence-electron chi connectivity index (χ2n) is 4.00. The number of Topliss-reactive ketones (excluding diaryl/α,β-unsaturated/α-hetero) is 1. The number of ketones is 1. The van der Waals surface area contributed by atoms with Crippen LogP contribution in [0.2, 0.25) is 0 Å². The summed E-state index contributed by atoms with van der Waals surface area (Å²) in [6.45, 7) is 3.17. The molecule has 1 fully saturated rings. The van der Waals surface area contributed by atoms with E-state index < -0.39 is 0 Å². The molecule has 3 nitrogen and oxygen atoms in total. The molecule has 1 aromatic carbocycles. The van der Waals surface area contributed by atoms with Gasteiger partial charge in [0.25, 0.3) is 0 Å². The topological polar surface area (TPSA) is 52.3 Å². The summed E-state index contributed by atoms with van der Waals surface area (Å²) >= 11 is 0. The largest absolute Gasteiger partial charge is 0.399 e. The number of benzene rings is 1. The van der Waals surface area contributed by atoms with E-state index in [4.69, 9.17) is 10.5 Å². The summed E-state index contributed by atoms with van der Waals surface area (Å²) in [4.78, 5) is 12.0. The minimum absolute atomic E-state index is 0.0352. The molecular weight excluding hydrogens is 190 g/mol. The molecule has 2 rings (SSSR count). The molecule has 2 N–H and O–H groups in total. The fourth-order valence-corrected chi connectivity index (χ4v) is 1.81. The van der Waals surface area contributed by atoms with Crippen molar-refractivity contribution in [2.24, 2.45) is 5.92 Å². The van der Waals surface area contributed by atoms with Crippen LogP contribution >= 0.6 is 0 Å². The zero-order valence-corrected chi connectivity index (χ0v) is 8.82. The van der Waals surface area contributed by atoms with Crippen LogP contribution in [0.5, 0.6) is 0 Å². The number of hydrogen-bond donors (Lipinski definition) is 1. The zero-order chi connectivity index (χ0) is 10.8. The summed E-state index contributed by atoms with van der Waals surface area (Å²) < 4.78 is 5.21. The highest BCUT2D eigenvalue weighted by atomic mass is 16.5. The maximum absolute atomic E-state index is 12.0. The fraction of sp³-hybridized carbons (Fsp3) is 0.417. The van der Waals surface area contributed by atoms with Crippen LogP contribution in [0.25, 0.3) is 0 Å². The van der Waals surface area contributed by atoms with Gasteiger partial charge in [-0.3, -0.25) is 4.79 Å². The van der Waals surface area contributed by atoms with Crippen LogP contribution in [-0.4, -0.2) is 19.0 Å². The Balaban J connectivity index is 2.21. The van der Waals surface area contributed by atoms with Gasteiger partial charge in [0.05, 0.1) is 6.61 Å². The Bertz CT molecular complexity index is 381. The Hall–Kier alpha value is -1.35. The summed E-state index contributed by atoms with van der Waals surface area (Å²) in [7, 11) is 0.